The average Bonchev–Trinajstić information content (AvgIpc) is 3.06. The van der Waals surface area contributed by atoms with Gasteiger partial charge in [0.2, 0.25) is 0 Å². The minimum Gasteiger partial charge on any atom is -0.351 e. The number of benzene rings is 1. The minimum absolute atomic E-state index is 0.130. The number of nitrogens with zero attached hydrogens (tertiary/aromatic N) is 2. The van der Waals surface area contributed by atoms with Crippen molar-refractivity contribution < 1.29 is 4.79 Å². The Balaban J connectivity index is 1.54. The minimum atomic E-state index is -0.130. The third-order valence-electron chi connectivity index (χ3n) is 4.13. The highest BCUT2D eigenvalue weighted by Crippen LogP contribution is 2.15. The van der Waals surface area contributed by atoms with Gasteiger partial charge in [-0.25, -0.2) is 4.68 Å². The number of hydrogen-bond donors (Lipinski definition) is 2. The zero-order valence-electron chi connectivity index (χ0n) is 13.0. The Bertz CT molecular complexity index is 664. The normalized spacial score (nSPS) is 17.9. The Morgan fingerprint density at radius 3 is 3.13 bits per heavy atom. The van der Waals surface area contributed by atoms with E-state index in [9.17, 15) is 4.79 Å². The van der Waals surface area contributed by atoms with Crippen molar-refractivity contribution in [1.29, 1.82) is 0 Å². The molecule has 122 valence electrons. The molecule has 5 nitrogen and oxygen atoms in total. The summed E-state index contributed by atoms with van der Waals surface area (Å²) in [4.78, 5) is 12.2. The van der Waals surface area contributed by atoms with Crippen LogP contribution in [0.15, 0.2) is 36.5 Å². The largest absolute Gasteiger partial charge is 0.351 e. The molecule has 0 spiro atoms. The molecule has 1 unspecified atom stereocenters. The molecule has 2 aromatic rings. The van der Waals surface area contributed by atoms with Gasteiger partial charge in [-0.3, -0.25) is 4.79 Å². The monoisotopic (exact) mass is 332 g/mol. The van der Waals surface area contributed by atoms with Crippen LogP contribution in [0, 0.1) is 5.92 Å². The summed E-state index contributed by atoms with van der Waals surface area (Å²) in [5, 5.41) is 11.3. The molecule has 0 radical (unpaired) electrons. The standard InChI is InChI=1S/C17H21ClN4O/c18-14-4-1-5-15(11-14)22-10-7-16(21-22)17(23)20-9-6-13-3-2-8-19-12-13/h1,4-5,7,10-11,13,19H,2-3,6,8-9,12H2,(H,20,23). The zero-order chi connectivity index (χ0) is 16.1. The first-order valence-corrected chi connectivity index (χ1v) is 8.41. The average molecular weight is 333 g/mol. The van der Waals surface area contributed by atoms with E-state index < -0.39 is 0 Å². The van der Waals surface area contributed by atoms with Crippen molar-refractivity contribution in [3.8, 4) is 5.69 Å². The highest BCUT2D eigenvalue weighted by molar-refractivity contribution is 6.30. The first-order valence-electron chi connectivity index (χ1n) is 8.03. The lowest BCUT2D eigenvalue weighted by atomic mass is 9.96. The van der Waals surface area contributed by atoms with Crippen LogP contribution in [0.25, 0.3) is 5.69 Å². The molecule has 6 heteroatoms. The van der Waals surface area contributed by atoms with Gasteiger partial charge >= 0.3 is 0 Å². The molecule has 2 heterocycles. The van der Waals surface area contributed by atoms with Crippen LogP contribution < -0.4 is 10.6 Å². The molecule has 3 rings (SSSR count). The lowest BCUT2D eigenvalue weighted by molar-refractivity contribution is 0.0945. The van der Waals surface area contributed by atoms with E-state index in [0.29, 0.717) is 23.2 Å². The third-order valence-corrected chi connectivity index (χ3v) is 4.37. The van der Waals surface area contributed by atoms with Gasteiger partial charge in [0.1, 0.15) is 0 Å². The predicted octanol–water partition coefficient (Wildman–Crippen LogP) is 2.65. The topological polar surface area (TPSA) is 59.0 Å². The van der Waals surface area contributed by atoms with Crippen molar-refractivity contribution in [3.05, 3.63) is 47.2 Å². The maximum absolute atomic E-state index is 12.2. The van der Waals surface area contributed by atoms with Crippen LogP contribution in [0.5, 0.6) is 0 Å². The summed E-state index contributed by atoms with van der Waals surface area (Å²) in [6, 6.07) is 9.10. The molecule has 1 aromatic carbocycles. The maximum Gasteiger partial charge on any atom is 0.271 e. The van der Waals surface area contributed by atoms with Crippen LogP contribution in [0.3, 0.4) is 0 Å². The van der Waals surface area contributed by atoms with Gasteiger partial charge in [0.15, 0.2) is 5.69 Å². The van der Waals surface area contributed by atoms with Crippen LogP contribution in [0.1, 0.15) is 29.8 Å². The van der Waals surface area contributed by atoms with Gasteiger partial charge in [-0.2, -0.15) is 5.10 Å². The molecule has 1 atom stereocenters. The maximum atomic E-state index is 12.2. The molecular weight excluding hydrogens is 312 g/mol. The number of amides is 1. The molecular formula is C17H21ClN4O. The Hall–Kier alpha value is -1.85. The van der Waals surface area contributed by atoms with Crippen molar-refractivity contribution in [1.82, 2.24) is 20.4 Å². The summed E-state index contributed by atoms with van der Waals surface area (Å²) in [6.07, 6.45) is 5.24. The van der Waals surface area contributed by atoms with Crippen molar-refractivity contribution >= 4 is 17.5 Å². The first kappa shape index (κ1) is 16.0. The Labute approximate surface area is 141 Å². The molecule has 1 aliphatic rings. The van der Waals surface area contributed by atoms with Crippen LogP contribution in [0.4, 0.5) is 0 Å². The molecule has 0 saturated carbocycles. The van der Waals surface area contributed by atoms with Crippen LogP contribution in [0.2, 0.25) is 5.02 Å². The van der Waals surface area contributed by atoms with Gasteiger partial charge in [0.25, 0.3) is 5.91 Å². The van der Waals surface area contributed by atoms with Gasteiger partial charge in [-0.05, 0) is 62.5 Å². The molecule has 1 fully saturated rings. The third kappa shape index (κ3) is 4.33. The molecule has 0 bridgehead atoms. The summed E-state index contributed by atoms with van der Waals surface area (Å²) < 4.78 is 1.66. The summed E-state index contributed by atoms with van der Waals surface area (Å²) >= 11 is 5.98. The summed E-state index contributed by atoms with van der Waals surface area (Å²) in [5.41, 5.74) is 1.26. The fourth-order valence-electron chi connectivity index (χ4n) is 2.86. The van der Waals surface area contributed by atoms with Crippen LogP contribution >= 0.6 is 11.6 Å². The van der Waals surface area contributed by atoms with E-state index in [1.807, 2.05) is 24.3 Å². The number of carbonyl (C=O) groups excluding carboxylic acids is 1. The van der Waals surface area contributed by atoms with E-state index >= 15 is 0 Å². The molecule has 1 aromatic heterocycles. The Kier molecular flexibility index (Phi) is 5.31. The van der Waals surface area contributed by atoms with Crippen LogP contribution in [-0.2, 0) is 0 Å². The number of hydrogen-bond acceptors (Lipinski definition) is 3. The van der Waals surface area contributed by atoms with Gasteiger partial charge < -0.3 is 10.6 Å². The van der Waals surface area contributed by atoms with Gasteiger partial charge in [-0.1, -0.05) is 17.7 Å². The molecule has 0 aliphatic carbocycles. The highest BCUT2D eigenvalue weighted by Gasteiger charge is 2.14. The van der Waals surface area contributed by atoms with Crippen LogP contribution in [-0.4, -0.2) is 35.3 Å². The molecule has 1 saturated heterocycles. The Morgan fingerprint density at radius 2 is 2.35 bits per heavy atom. The molecule has 23 heavy (non-hydrogen) atoms. The number of aromatic nitrogens is 2. The van der Waals surface area contributed by atoms with Crippen molar-refractivity contribution in [2.24, 2.45) is 5.92 Å². The van der Waals surface area contributed by atoms with Gasteiger partial charge in [0.05, 0.1) is 5.69 Å². The van der Waals surface area contributed by atoms with E-state index in [1.165, 1.54) is 12.8 Å². The molecule has 2 N–H and O–H groups in total. The number of rotatable bonds is 5. The van der Waals surface area contributed by atoms with Gasteiger partial charge in [-0.15, -0.1) is 0 Å². The summed E-state index contributed by atoms with van der Waals surface area (Å²) in [6.45, 7) is 2.86. The zero-order valence-corrected chi connectivity index (χ0v) is 13.7. The van der Waals surface area contributed by atoms with E-state index in [0.717, 1.165) is 25.2 Å². The number of carbonyl (C=O) groups is 1. The predicted molar refractivity (Wildman–Crippen MR) is 91.1 cm³/mol. The van der Waals surface area contributed by atoms with E-state index in [1.54, 1.807) is 16.9 Å². The number of nitrogens with one attached hydrogen (secondary N) is 2. The first-order chi connectivity index (χ1) is 11.2. The lowest BCUT2D eigenvalue weighted by Crippen LogP contribution is -2.33. The lowest BCUT2D eigenvalue weighted by Gasteiger charge is -2.22. The Morgan fingerprint density at radius 1 is 1.43 bits per heavy atom. The number of piperidine rings is 1. The second-order valence-electron chi connectivity index (χ2n) is 5.88. The van der Waals surface area contributed by atoms with Crippen molar-refractivity contribution in [2.45, 2.75) is 19.3 Å². The molecule has 1 amide bonds. The number of halogens is 1. The summed E-state index contributed by atoms with van der Waals surface area (Å²) in [7, 11) is 0. The quantitative estimate of drug-likeness (QED) is 0.885. The van der Waals surface area contributed by atoms with Crippen molar-refractivity contribution in [3.63, 3.8) is 0 Å². The fraction of sp³-hybridized carbons (Fsp3) is 0.412. The smallest absolute Gasteiger partial charge is 0.271 e. The van der Waals surface area contributed by atoms with E-state index in [4.69, 9.17) is 11.6 Å². The highest BCUT2D eigenvalue weighted by atomic mass is 35.5. The second-order valence-corrected chi connectivity index (χ2v) is 6.32. The van der Waals surface area contributed by atoms with E-state index in [-0.39, 0.29) is 5.91 Å². The SMILES string of the molecule is O=C(NCCC1CCCNC1)c1ccn(-c2cccc(Cl)c2)n1. The summed E-state index contributed by atoms with van der Waals surface area (Å²) in [5.74, 6) is 0.530. The van der Waals surface area contributed by atoms with Crippen molar-refractivity contribution in [2.75, 3.05) is 19.6 Å². The second kappa shape index (κ2) is 7.62. The van der Waals surface area contributed by atoms with Gasteiger partial charge in [0, 0.05) is 17.8 Å². The molecule has 1 aliphatic heterocycles. The van der Waals surface area contributed by atoms with E-state index in [2.05, 4.69) is 15.7 Å². The fourth-order valence-corrected chi connectivity index (χ4v) is 3.04.